The fourth-order valence-electron chi connectivity index (χ4n) is 2.82. The third-order valence-electron chi connectivity index (χ3n) is 3.98. The first-order chi connectivity index (χ1) is 11.6. The van der Waals surface area contributed by atoms with Crippen molar-refractivity contribution in [2.75, 3.05) is 0 Å². The summed E-state index contributed by atoms with van der Waals surface area (Å²) in [7, 11) is 0. The number of nitriles is 1. The van der Waals surface area contributed by atoms with E-state index in [1.807, 2.05) is 0 Å². The summed E-state index contributed by atoms with van der Waals surface area (Å²) in [5, 5.41) is 8.72. The number of carbonyl (C=O) groups is 1. The number of fused-ring (bicyclic) bond motifs is 1. The molecule has 3 rings (SSSR count). The molecule has 130 valence electrons. The Morgan fingerprint density at radius 2 is 1.92 bits per heavy atom. The molecular weight excluding hydrogens is 350 g/mol. The lowest BCUT2D eigenvalue weighted by Crippen LogP contribution is -2.35. The number of rotatable bonds is 1. The molecule has 0 aliphatic heterocycles. The minimum atomic E-state index is -5.05. The van der Waals surface area contributed by atoms with Crippen molar-refractivity contribution in [1.82, 2.24) is 4.57 Å². The fraction of sp³-hybridized carbons (Fsp3) is 0.250. The molecule has 25 heavy (non-hydrogen) atoms. The predicted molar refractivity (Wildman–Crippen MR) is 73.0 cm³/mol. The lowest BCUT2D eigenvalue weighted by molar-refractivity contribution is -0.138. The van der Waals surface area contributed by atoms with Crippen molar-refractivity contribution < 1.29 is 31.1 Å². The molecule has 0 fully saturated rings. The third-order valence-corrected chi connectivity index (χ3v) is 3.98. The maximum Gasteiger partial charge on any atom is 0.418 e. The molecule has 0 amide bonds. The van der Waals surface area contributed by atoms with Gasteiger partial charge in [0.2, 0.25) is 5.78 Å². The van der Waals surface area contributed by atoms with Crippen molar-refractivity contribution >= 4 is 5.78 Å². The van der Waals surface area contributed by atoms with Gasteiger partial charge in [-0.1, -0.05) is 0 Å². The molecule has 3 nitrogen and oxygen atoms in total. The van der Waals surface area contributed by atoms with E-state index in [0.717, 1.165) is 16.7 Å². The zero-order valence-electron chi connectivity index (χ0n) is 12.3. The van der Waals surface area contributed by atoms with Gasteiger partial charge >= 0.3 is 12.1 Å². The normalized spacial score (nSPS) is 16.4. The Labute approximate surface area is 137 Å². The van der Waals surface area contributed by atoms with E-state index in [0.29, 0.717) is 6.20 Å². The van der Waals surface area contributed by atoms with Crippen molar-refractivity contribution in [2.24, 2.45) is 0 Å². The van der Waals surface area contributed by atoms with Crippen LogP contribution >= 0.6 is 0 Å². The molecule has 0 unspecified atom stereocenters. The lowest BCUT2D eigenvalue weighted by Gasteiger charge is -2.23. The van der Waals surface area contributed by atoms with Crippen LogP contribution in [0.4, 0.5) is 26.3 Å². The minimum Gasteiger partial charge on any atom is -0.317 e. The number of ketones is 1. The van der Waals surface area contributed by atoms with E-state index >= 15 is 0 Å². The summed E-state index contributed by atoms with van der Waals surface area (Å²) in [6, 6.07) is 4.73. The molecule has 2 aromatic rings. The highest BCUT2D eigenvalue weighted by atomic mass is 19.4. The average molecular weight is 358 g/mol. The topological polar surface area (TPSA) is 45.8 Å². The Morgan fingerprint density at radius 3 is 2.48 bits per heavy atom. The highest BCUT2D eigenvalue weighted by Gasteiger charge is 2.50. The Bertz CT molecular complexity index is 920. The molecule has 0 saturated heterocycles. The van der Waals surface area contributed by atoms with Crippen LogP contribution in [0.1, 0.15) is 33.6 Å². The van der Waals surface area contributed by atoms with Gasteiger partial charge in [-0.3, -0.25) is 4.79 Å². The fourth-order valence-corrected chi connectivity index (χ4v) is 2.82. The second-order valence-corrected chi connectivity index (χ2v) is 5.54. The van der Waals surface area contributed by atoms with Gasteiger partial charge in [0.1, 0.15) is 5.82 Å². The second-order valence-electron chi connectivity index (χ2n) is 5.54. The number of aromatic nitrogens is 1. The van der Waals surface area contributed by atoms with Crippen molar-refractivity contribution in [3.8, 4) is 11.8 Å². The van der Waals surface area contributed by atoms with Gasteiger partial charge in [0.05, 0.1) is 28.4 Å². The number of hydrogen-bond acceptors (Lipinski definition) is 2. The highest BCUT2D eigenvalue weighted by molar-refractivity contribution is 6.05. The van der Waals surface area contributed by atoms with Crippen LogP contribution in [0.3, 0.4) is 0 Å². The number of hydrogen-bond donors (Lipinski definition) is 0. The Hall–Kier alpha value is -2.76. The van der Waals surface area contributed by atoms with Crippen LogP contribution in [-0.4, -0.2) is 16.3 Å². The van der Waals surface area contributed by atoms with Crippen LogP contribution in [-0.2, 0) is 12.6 Å². The summed E-state index contributed by atoms with van der Waals surface area (Å²) in [5.41, 5.74) is -3.40. The Morgan fingerprint density at radius 1 is 1.24 bits per heavy atom. The summed E-state index contributed by atoms with van der Waals surface area (Å²) >= 11 is 0. The second kappa shape index (κ2) is 5.37. The van der Waals surface area contributed by atoms with Crippen LogP contribution < -0.4 is 0 Å². The van der Waals surface area contributed by atoms with E-state index in [-0.39, 0.29) is 16.9 Å². The molecule has 1 aliphatic carbocycles. The maximum absolute atomic E-state index is 14.2. The van der Waals surface area contributed by atoms with Gasteiger partial charge in [0.15, 0.2) is 0 Å². The number of Topliss-reactive ketones (excluding diaryl/α,β-unsaturated/α-hetero) is 1. The molecule has 9 heteroatoms. The average Bonchev–Trinajstić information content (AvgIpc) is 2.91. The zero-order chi connectivity index (χ0) is 18.6. The molecule has 1 aliphatic rings. The van der Waals surface area contributed by atoms with E-state index in [2.05, 4.69) is 0 Å². The van der Waals surface area contributed by atoms with Crippen molar-refractivity contribution in [3.63, 3.8) is 0 Å². The van der Waals surface area contributed by atoms with Gasteiger partial charge in [-0.2, -0.15) is 27.2 Å². The molecule has 0 bridgehead atoms. The summed E-state index contributed by atoms with van der Waals surface area (Å²) in [5.74, 6) is -6.83. The summed E-state index contributed by atoms with van der Waals surface area (Å²) in [6.07, 6.45) is -6.10. The van der Waals surface area contributed by atoms with Crippen LogP contribution in [0.5, 0.6) is 0 Å². The molecule has 1 aromatic carbocycles. The van der Waals surface area contributed by atoms with E-state index in [4.69, 9.17) is 5.26 Å². The molecule has 1 heterocycles. The van der Waals surface area contributed by atoms with Crippen LogP contribution in [0.25, 0.3) is 5.69 Å². The van der Waals surface area contributed by atoms with Crippen molar-refractivity contribution in [3.05, 3.63) is 52.6 Å². The van der Waals surface area contributed by atoms with Crippen molar-refractivity contribution in [1.29, 1.82) is 5.26 Å². The summed E-state index contributed by atoms with van der Waals surface area (Å²) in [6.45, 7) is 0. The SMILES string of the molecule is N#Cc1ccc(-n2cc(C(F)(F)F)c3c2CCC(F)(F)C3=O)c(F)c1. The van der Waals surface area contributed by atoms with Gasteiger partial charge < -0.3 is 4.57 Å². The van der Waals surface area contributed by atoms with Gasteiger partial charge in [-0.05, 0) is 24.6 Å². The molecule has 0 spiro atoms. The Balaban J connectivity index is 2.28. The number of alkyl halides is 5. The van der Waals surface area contributed by atoms with E-state index in [1.165, 1.54) is 6.07 Å². The summed E-state index contributed by atoms with van der Waals surface area (Å²) in [4.78, 5) is 11.8. The van der Waals surface area contributed by atoms with Gasteiger partial charge in [0.25, 0.3) is 0 Å². The van der Waals surface area contributed by atoms with Gasteiger partial charge in [-0.15, -0.1) is 0 Å². The van der Waals surface area contributed by atoms with Crippen LogP contribution in [0.2, 0.25) is 0 Å². The molecule has 0 atom stereocenters. The van der Waals surface area contributed by atoms with E-state index in [9.17, 15) is 31.1 Å². The lowest BCUT2D eigenvalue weighted by atomic mass is 9.90. The van der Waals surface area contributed by atoms with E-state index in [1.54, 1.807) is 6.07 Å². The maximum atomic E-state index is 14.2. The van der Waals surface area contributed by atoms with Crippen molar-refractivity contribution in [2.45, 2.75) is 24.9 Å². The number of nitrogens with zero attached hydrogens (tertiary/aromatic N) is 2. The molecule has 0 saturated carbocycles. The van der Waals surface area contributed by atoms with Crippen LogP contribution in [0.15, 0.2) is 24.4 Å². The smallest absolute Gasteiger partial charge is 0.317 e. The standard InChI is InChI=1S/C16H8F6N2O/c17-10-5-8(6-23)1-2-11(10)24-7-9(16(20,21)22)13-12(24)3-4-15(18,19)14(13)25/h1-2,5,7H,3-4H2. The minimum absolute atomic E-state index is 0.0547. The van der Waals surface area contributed by atoms with Gasteiger partial charge in [0, 0.05) is 18.3 Å². The predicted octanol–water partition coefficient (Wildman–Crippen LogP) is 4.27. The first-order valence-corrected chi connectivity index (χ1v) is 7.00. The first-order valence-electron chi connectivity index (χ1n) is 7.00. The van der Waals surface area contributed by atoms with Crippen LogP contribution in [0, 0.1) is 17.1 Å². The summed E-state index contributed by atoms with van der Waals surface area (Å²) < 4.78 is 81.7. The molecule has 1 aromatic heterocycles. The number of carbonyl (C=O) groups excluding carboxylic acids is 1. The van der Waals surface area contributed by atoms with Gasteiger partial charge in [-0.25, -0.2) is 4.39 Å². The monoisotopic (exact) mass is 358 g/mol. The first kappa shape index (κ1) is 17.1. The largest absolute Gasteiger partial charge is 0.418 e. The molecule has 0 N–H and O–H groups in total. The highest BCUT2D eigenvalue weighted by Crippen LogP contribution is 2.42. The molecule has 0 radical (unpaired) electrons. The zero-order valence-corrected chi connectivity index (χ0v) is 12.3. The van der Waals surface area contributed by atoms with E-state index < -0.39 is 47.7 Å². The third kappa shape index (κ3) is 2.67. The molecular formula is C16H8F6N2O. The number of halogens is 6. The quantitative estimate of drug-likeness (QED) is 0.715. The number of benzene rings is 1. The Kier molecular flexibility index (Phi) is 3.67.